The van der Waals surface area contributed by atoms with Gasteiger partial charge in [-0.15, -0.1) is 6.58 Å². The molecule has 0 rings (SSSR count). The molecule has 0 aromatic carbocycles. The van der Waals surface area contributed by atoms with Gasteiger partial charge in [-0.25, -0.2) is 0 Å². The van der Waals surface area contributed by atoms with Crippen LogP contribution in [0.2, 0.25) is 0 Å². The lowest BCUT2D eigenvalue weighted by Gasteiger charge is -2.37. The van der Waals surface area contributed by atoms with Crippen LogP contribution in [0, 0.1) is 5.41 Å². The number of rotatable bonds is 5. The van der Waals surface area contributed by atoms with Crippen LogP contribution in [0.3, 0.4) is 0 Å². The zero-order valence-corrected chi connectivity index (χ0v) is 13.0. The minimum Gasteiger partial charge on any atom is -0.337 e. The summed E-state index contributed by atoms with van der Waals surface area (Å²) in [5.41, 5.74) is -0.422. The summed E-state index contributed by atoms with van der Waals surface area (Å²) in [7, 11) is 0. The number of amides is 1. The first-order valence-electron chi connectivity index (χ1n) is 6.76. The van der Waals surface area contributed by atoms with Gasteiger partial charge in [0, 0.05) is 12.1 Å². The number of hydrogen-bond donors (Lipinski definition) is 0. The normalized spacial score (nSPS) is 13.8. The van der Waals surface area contributed by atoms with Gasteiger partial charge in [-0.3, -0.25) is 4.79 Å². The van der Waals surface area contributed by atoms with E-state index < -0.39 is 5.41 Å². The largest absolute Gasteiger partial charge is 0.337 e. The topological polar surface area (TPSA) is 20.3 Å². The Morgan fingerprint density at radius 3 is 1.76 bits per heavy atom. The van der Waals surface area contributed by atoms with Crippen molar-refractivity contribution in [1.82, 2.24) is 4.90 Å². The molecule has 0 aliphatic heterocycles. The lowest BCUT2D eigenvalue weighted by Crippen LogP contribution is -2.48. The van der Waals surface area contributed by atoms with E-state index in [4.69, 9.17) is 0 Å². The SMILES string of the molecule is C=CC(C)(CC)C(=O)N(C(C)C)C(C)C.CC. The summed E-state index contributed by atoms with van der Waals surface area (Å²) < 4.78 is 0. The first kappa shape index (κ1) is 18.6. The Morgan fingerprint density at radius 1 is 1.24 bits per heavy atom. The van der Waals surface area contributed by atoms with Gasteiger partial charge in [0.1, 0.15) is 0 Å². The molecule has 1 unspecified atom stereocenters. The maximum atomic E-state index is 12.4. The second kappa shape index (κ2) is 8.32. The zero-order chi connectivity index (χ0) is 14.2. The molecule has 1 amide bonds. The smallest absolute Gasteiger partial charge is 0.232 e. The quantitative estimate of drug-likeness (QED) is 0.659. The molecule has 0 aliphatic rings. The Morgan fingerprint density at radius 2 is 1.59 bits per heavy atom. The first-order chi connectivity index (χ1) is 7.80. The van der Waals surface area contributed by atoms with Gasteiger partial charge < -0.3 is 4.90 Å². The molecule has 0 aliphatic carbocycles. The second-order valence-electron chi connectivity index (χ2n) is 4.88. The van der Waals surface area contributed by atoms with E-state index in [1.165, 1.54) is 0 Å². The van der Waals surface area contributed by atoms with Crippen molar-refractivity contribution in [3.05, 3.63) is 12.7 Å². The van der Waals surface area contributed by atoms with Crippen molar-refractivity contribution in [3.63, 3.8) is 0 Å². The van der Waals surface area contributed by atoms with Crippen LogP contribution in [0.1, 0.15) is 61.8 Å². The van der Waals surface area contributed by atoms with Crippen molar-refractivity contribution in [3.8, 4) is 0 Å². The molecule has 102 valence electrons. The van der Waals surface area contributed by atoms with Crippen LogP contribution in [0.25, 0.3) is 0 Å². The molecule has 0 aromatic rings. The van der Waals surface area contributed by atoms with Gasteiger partial charge in [-0.05, 0) is 41.0 Å². The predicted molar refractivity (Wildman–Crippen MR) is 77.1 cm³/mol. The van der Waals surface area contributed by atoms with Crippen molar-refractivity contribution in [2.24, 2.45) is 5.41 Å². The molecule has 0 spiro atoms. The third-order valence-electron chi connectivity index (χ3n) is 3.02. The Labute approximate surface area is 108 Å². The van der Waals surface area contributed by atoms with Gasteiger partial charge in [0.2, 0.25) is 5.91 Å². The summed E-state index contributed by atoms with van der Waals surface area (Å²) in [5.74, 6) is 0.185. The average Bonchev–Trinajstić information content (AvgIpc) is 2.29. The fraction of sp³-hybridized carbons (Fsp3) is 0.800. The minimum absolute atomic E-state index is 0.185. The van der Waals surface area contributed by atoms with Crippen molar-refractivity contribution in [1.29, 1.82) is 0 Å². The van der Waals surface area contributed by atoms with E-state index in [0.29, 0.717) is 0 Å². The summed E-state index contributed by atoms with van der Waals surface area (Å²) in [5, 5.41) is 0. The average molecular weight is 241 g/mol. The fourth-order valence-corrected chi connectivity index (χ4v) is 1.74. The molecule has 2 heteroatoms. The highest BCUT2D eigenvalue weighted by atomic mass is 16.2. The molecular weight excluding hydrogens is 210 g/mol. The summed E-state index contributed by atoms with van der Waals surface area (Å²) in [6, 6.07) is 0.478. The van der Waals surface area contributed by atoms with Crippen molar-refractivity contribution < 1.29 is 4.79 Å². The van der Waals surface area contributed by atoms with Gasteiger partial charge in [-0.2, -0.15) is 0 Å². The molecule has 1 atom stereocenters. The lowest BCUT2D eigenvalue weighted by molar-refractivity contribution is -0.142. The molecule has 2 nitrogen and oxygen atoms in total. The number of carbonyl (C=O) groups is 1. The lowest BCUT2D eigenvalue weighted by atomic mass is 9.85. The molecule has 0 N–H and O–H groups in total. The van der Waals surface area contributed by atoms with Crippen molar-refractivity contribution in [2.45, 2.75) is 73.9 Å². The molecule has 0 saturated carbocycles. The van der Waals surface area contributed by atoms with Crippen molar-refractivity contribution >= 4 is 5.91 Å². The van der Waals surface area contributed by atoms with Gasteiger partial charge in [-0.1, -0.05) is 26.8 Å². The van der Waals surface area contributed by atoms with E-state index in [1.54, 1.807) is 6.08 Å². The highest BCUT2D eigenvalue weighted by molar-refractivity contribution is 5.84. The standard InChI is InChI=1S/C13H25NO.C2H6/c1-8-13(7,9-2)12(15)14(10(3)4)11(5)6;1-2/h8,10-11H,1,9H2,2-7H3;1-2H3. The number of nitrogens with zero attached hydrogens (tertiary/aromatic N) is 1. The van der Waals surface area contributed by atoms with E-state index in [9.17, 15) is 4.79 Å². The maximum absolute atomic E-state index is 12.4. The van der Waals surface area contributed by atoms with Crippen LogP contribution in [0.15, 0.2) is 12.7 Å². The molecule has 0 saturated heterocycles. The predicted octanol–water partition coefficient (Wildman–Crippen LogP) is 4.26. The van der Waals surface area contributed by atoms with Crippen LogP contribution >= 0.6 is 0 Å². The number of carbonyl (C=O) groups excluding carboxylic acids is 1. The summed E-state index contributed by atoms with van der Waals surface area (Å²) in [6.45, 7) is 20.0. The van der Waals surface area contributed by atoms with Crippen molar-refractivity contribution in [2.75, 3.05) is 0 Å². The minimum atomic E-state index is -0.422. The van der Waals surface area contributed by atoms with E-state index >= 15 is 0 Å². The summed E-state index contributed by atoms with van der Waals surface area (Å²) in [6.07, 6.45) is 2.57. The van der Waals surface area contributed by atoms with Crippen LogP contribution in [0.4, 0.5) is 0 Å². The monoisotopic (exact) mass is 241 g/mol. The van der Waals surface area contributed by atoms with Gasteiger partial charge in [0.05, 0.1) is 5.41 Å². The zero-order valence-electron chi connectivity index (χ0n) is 13.0. The van der Waals surface area contributed by atoms with Gasteiger partial charge >= 0.3 is 0 Å². The van der Waals surface area contributed by atoms with E-state index in [0.717, 1.165) is 6.42 Å². The third-order valence-corrected chi connectivity index (χ3v) is 3.02. The summed E-state index contributed by atoms with van der Waals surface area (Å²) in [4.78, 5) is 14.3. The summed E-state index contributed by atoms with van der Waals surface area (Å²) >= 11 is 0. The Bertz CT molecular complexity index is 225. The van der Waals surface area contributed by atoms with E-state index in [2.05, 4.69) is 34.3 Å². The second-order valence-corrected chi connectivity index (χ2v) is 4.88. The van der Waals surface area contributed by atoms with Crippen LogP contribution in [-0.2, 0) is 4.79 Å². The first-order valence-corrected chi connectivity index (χ1v) is 6.76. The Kier molecular flexibility index (Phi) is 9.09. The van der Waals surface area contributed by atoms with Gasteiger partial charge in [0.15, 0.2) is 0 Å². The maximum Gasteiger partial charge on any atom is 0.232 e. The third kappa shape index (κ3) is 4.93. The van der Waals surface area contributed by atoms with E-state index in [-0.39, 0.29) is 18.0 Å². The highest BCUT2D eigenvalue weighted by Gasteiger charge is 2.34. The van der Waals surface area contributed by atoms with Crippen LogP contribution < -0.4 is 0 Å². The van der Waals surface area contributed by atoms with Crippen LogP contribution in [0.5, 0.6) is 0 Å². The van der Waals surface area contributed by atoms with Gasteiger partial charge in [0.25, 0.3) is 0 Å². The molecule has 0 aromatic heterocycles. The van der Waals surface area contributed by atoms with Crippen LogP contribution in [-0.4, -0.2) is 22.9 Å². The molecular formula is C15H31NO. The molecule has 0 radical (unpaired) electrons. The molecule has 0 bridgehead atoms. The molecule has 0 fully saturated rings. The highest BCUT2D eigenvalue weighted by Crippen LogP contribution is 2.27. The Hall–Kier alpha value is -0.790. The molecule has 17 heavy (non-hydrogen) atoms. The van der Waals surface area contributed by atoms with E-state index in [1.807, 2.05) is 32.6 Å². The molecule has 0 heterocycles. The Balaban J connectivity index is 0. The number of hydrogen-bond acceptors (Lipinski definition) is 1. The fourth-order valence-electron chi connectivity index (χ4n) is 1.74.